The zero-order valence-corrected chi connectivity index (χ0v) is 15.6. The molecule has 0 aliphatic carbocycles. The van der Waals surface area contributed by atoms with Gasteiger partial charge in [0.05, 0.1) is 7.11 Å². The highest BCUT2D eigenvalue weighted by atomic mass is 16.7. The largest absolute Gasteiger partial charge is 0.492 e. The van der Waals surface area contributed by atoms with Gasteiger partial charge in [0.25, 0.3) is 0 Å². The highest BCUT2D eigenvalue weighted by Crippen LogP contribution is 2.29. The predicted octanol–water partition coefficient (Wildman–Crippen LogP) is 2.41. The van der Waals surface area contributed by atoms with E-state index in [9.17, 15) is 19.8 Å². The second-order valence-electron chi connectivity index (χ2n) is 6.17. The Kier molecular flexibility index (Phi) is 6.03. The molecule has 0 saturated heterocycles. The normalized spacial score (nSPS) is 11.7. The fourth-order valence-electron chi connectivity index (χ4n) is 3.00. The van der Waals surface area contributed by atoms with Crippen molar-refractivity contribution in [2.24, 2.45) is 0 Å². The van der Waals surface area contributed by atoms with Gasteiger partial charge in [-0.2, -0.15) is 0 Å². The molecule has 1 heterocycles. The third-order valence-electron chi connectivity index (χ3n) is 4.34. The van der Waals surface area contributed by atoms with Gasteiger partial charge >= 0.3 is 12.1 Å². The molecule has 0 unspecified atom stereocenters. The molecule has 0 aliphatic rings. The molecule has 0 bridgehead atoms. The molecule has 0 saturated carbocycles. The van der Waals surface area contributed by atoms with Gasteiger partial charge in [0.1, 0.15) is 6.04 Å². The van der Waals surface area contributed by atoms with Crippen molar-refractivity contribution in [3.63, 3.8) is 0 Å². The monoisotopic (exact) mass is 396 g/mol. The summed E-state index contributed by atoms with van der Waals surface area (Å²) in [7, 11) is 1.18. The number of carbonyl (C=O) groups is 2. The molecule has 3 N–H and O–H groups in total. The predicted molar refractivity (Wildman–Crippen MR) is 103 cm³/mol. The van der Waals surface area contributed by atoms with Crippen molar-refractivity contribution >= 4 is 12.1 Å². The van der Waals surface area contributed by atoms with Crippen molar-refractivity contribution in [2.75, 3.05) is 7.11 Å². The van der Waals surface area contributed by atoms with Crippen LogP contribution in [0.1, 0.15) is 17.0 Å². The Morgan fingerprint density at radius 3 is 1.79 bits per heavy atom. The molecule has 0 spiro atoms. The van der Waals surface area contributed by atoms with E-state index < -0.39 is 35.8 Å². The number of methoxy groups -OCH3 is 1. The first-order valence-corrected chi connectivity index (χ1v) is 8.77. The summed E-state index contributed by atoms with van der Waals surface area (Å²) in [6.45, 7) is 0. The molecule has 1 amide bonds. The number of carbonyl (C=O) groups excluding carboxylic acids is 2. The van der Waals surface area contributed by atoms with E-state index in [1.54, 1.807) is 0 Å². The lowest BCUT2D eigenvalue weighted by Crippen LogP contribution is -2.48. The number of nitrogens with zero attached hydrogens (tertiary/aromatic N) is 1. The molecule has 0 radical (unpaired) electrons. The summed E-state index contributed by atoms with van der Waals surface area (Å²) in [4.78, 5) is 30.2. The Morgan fingerprint density at radius 2 is 1.34 bits per heavy atom. The minimum absolute atomic E-state index is 0.469. The Labute approximate surface area is 166 Å². The minimum atomic E-state index is -1.21. The molecule has 1 atom stereocenters. The van der Waals surface area contributed by atoms with E-state index in [0.29, 0.717) is 4.73 Å². The highest BCUT2D eigenvalue weighted by molar-refractivity contribution is 5.83. The van der Waals surface area contributed by atoms with Crippen LogP contribution < -0.4 is 10.2 Å². The Balaban J connectivity index is 2.04. The van der Waals surface area contributed by atoms with Crippen molar-refractivity contribution in [1.82, 2.24) is 10.0 Å². The molecule has 8 nitrogen and oxygen atoms in total. The smallest absolute Gasteiger partial charge is 0.407 e. The van der Waals surface area contributed by atoms with E-state index in [-0.39, 0.29) is 0 Å². The van der Waals surface area contributed by atoms with Crippen LogP contribution in [0.15, 0.2) is 72.8 Å². The van der Waals surface area contributed by atoms with Crippen LogP contribution in [0.3, 0.4) is 0 Å². The SMILES string of the molecule is COC(=O)N[C@H](C(=O)On1c(O)ccc1O)C(c1ccccc1)c1ccccc1. The number of amides is 1. The first-order chi connectivity index (χ1) is 14.0. The van der Waals surface area contributed by atoms with Gasteiger partial charge in [0.2, 0.25) is 11.8 Å². The lowest BCUT2D eigenvalue weighted by Gasteiger charge is -2.27. The maximum atomic E-state index is 13.0. The zero-order chi connectivity index (χ0) is 20.8. The molecule has 0 aliphatic heterocycles. The topological polar surface area (TPSA) is 110 Å². The Bertz CT molecular complexity index is 912. The van der Waals surface area contributed by atoms with Crippen molar-refractivity contribution in [3.05, 3.63) is 83.9 Å². The number of ether oxygens (including phenoxy) is 1. The summed E-state index contributed by atoms with van der Waals surface area (Å²) < 4.78 is 5.24. The molecule has 0 fully saturated rings. The van der Waals surface area contributed by atoms with Crippen LogP contribution in [0.2, 0.25) is 0 Å². The van der Waals surface area contributed by atoms with Gasteiger partial charge in [-0.1, -0.05) is 60.7 Å². The summed E-state index contributed by atoms with van der Waals surface area (Å²) in [5.41, 5.74) is 1.50. The highest BCUT2D eigenvalue weighted by Gasteiger charge is 2.35. The number of aromatic hydroxyl groups is 2. The third kappa shape index (κ3) is 4.49. The number of alkyl carbamates (subject to hydrolysis) is 1. The Morgan fingerprint density at radius 1 is 0.862 bits per heavy atom. The molecule has 1 aromatic heterocycles. The van der Waals surface area contributed by atoms with Gasteiger partial charge in [-0.05, 0) is 11.1 Å². The van der Waals surface area contributed by atoms with Crippen molar-refractivity contribution in [2.45, 2.75) is 12.0 Å². The lowest BCUT2D eigenvalue weighted by atomic mass is 9.85. The van der Waals surface area contributed by atoms with Crippen LogP contribution in [0.25, 0.3) is 0 Å². The standard InChI is InChI=1S/C21H20N2O6/c1-28-21(27)22-19(20(26)29-23-16(24)12-13-17(23)25)18(14-8-4-2-5-9-14)15-10-6-3-7-11-15/h2-13,18-19,24-25H,1H3,(H,22,27)/t19-/m0/s1. The first kappa shape index (κ1) is 19.8. The second kappa shape index (κ2) is 8.83. The molecular formula is C21H20N2O6. The van der Waals surface area contributed by atoms with Gasteiger partial charge in [-0.15, -0.1) is 4.73 Å². The quantitative estimate of drug-likeness (QED) is 0.590. The number of rotatable bonds is 6. The second-order valence-corrected chi connectivity index (χ2v) is 6.17. The summed E-state index contributed by atoms with van der Waals surface area (Å²) in [6.07, 6.45) is -0.829. The summed E-state index contributed by atoms with van der Waals surface area (Å²) in [5, 5.41) is 22.1. The fourth-order valence-corrected chi connectivity index (χ4v) is 3.00. The van der Waals surface area contributed by atoms with Crippen LogP contribution in [-0.2, 0) is 9.53 Å². The number of hydrogen-bond donors (Lipinski definition) is 3. The average molecular weight is 396 g/mol. The van der Waals surface area contributed by atoms with E-state index in [1.807, 2.05) is 60.7 Å². The van der Waals surface area contributed by atoms with Crippen molar-refractivity contribution < 1.29 is 29.4 Å². The summed E-state index contributed by atoms with van der Waals surface area (Å²) in [6, 6.07) is 19.3. The molecule has 3 rings (SSSR count). The van der Waals surface area contributed by atoms with E-state index in [0.717, 1.165) is 23.3 Å². The molecular weight excluding hydrogens is 376 g/mol. The van der Waals surface area contributed by atoms with E-state index >= 15 is 0 Å². The van der Waals surface area contributed by atoms with Crippen LogP contribution in [-0.4, -0.2) is 40.2 Å². The first-order valence-electron chi connectivity index (χ1n) is 8.77. The molecule has 150 valence electrons. The van der Waals surface area contributed by atoms with Gasteiger partial charge in [-0.3, -0.25) is 0 Å². The number of hydrogen-bond acceptors (Lipinski definition) is 6. The molecule has 2 aromatic carbocycles. The van der Waals surface area contributed by atoms with Gasteiger partial charge in [-0.25, -0.2) is 9.59 Å². The summed E-state index contributed by atoms with van der Waals surface area (Å²) >= 11 is 0. The van der Waals surface area contributed by atoms with E-state index in [4.69, 9.17) is 4.84 Å². The van der Waals surface area contributed by atoms with Crippen LogP contribution in [0, 0.1) is 0 Å². The van der Waals surface area contributed by atoms with Gasteiger partial charge < -0.3 is 25.1 Å². The van der Waals surface area contributed by atoms with Crippen LogP contribution in [0.4, 0.5) is 4.79 Å². The third-order valence-corrected chi connectivity index (χ3v) is 4.34. The van der Waals surface area contributed by atoms with Gasteiger partial charge in [0.15, 0.2) is 0 Å². The van der Waals surface area contributed by atoms with E-state index in [1.165, 1.54) is 7.11 Å². The maximum absolute atomic E-state index is 13.0. The summed E-state index contributed by atoms with van der Waals surface area (Å²) in [5.74, 6) is -2.47. The van der Waals surface area contributed by atoms with Gasteiger partial charge in [0, 0.05) is 18.1 Å². The van der Waals surface area contributed by atoms with Crippen LogP contribution in [0.5, 0.6) is 11.8 Å². The number of nitrogens with one attached hydrogen (secondary N) is 1. The van der Waals surface area contributed by atoms with Crippen molar-refractivity contribution in [3.8, 4) is 11.8 Å². The molecule has 8 heteroatoms. The molecule has 3 aromatic rings. The molecule has 29 heavy (non-hydrogen) atoms. The number of benzene rings is 2. The van der Waals surface area contributed by atoms with Crippen molar-refractivity contribution in [1.29, 1.82) is 0 Å². The number of aromatic nitrogens is 1. The average Bonchev–Trinajstić information content (AvgIpc) is 3.06. The lowest BCUT2D eigenvalue weighted by molar-refractivity contribution is -0.148. The fraction of sp³-hybridized carbons (Fsp3) is 0.143. The van der Waals surface area contributed by atoms with E-state index in [2.05, 4.69) is 10.1 Å². The maximum Gasteiger partial charge on any atom is 0.407 e. The van der Waals surface area contributed by atoms with Crippen LogP contribution >= 0.6 is 0 Å². The Hall–Kier alpha value is -3.94. The minimum Gasteiger partial charge on any atom is -0.492 e. The zero-order valence-electron chi connectivity index (χ0n) is 15.6.